The fraction of sp³-hybridized carbons (Fsp3) is 0. The van der Waals surface area contributed by atoms with E-state index in [-0.39, 0.29) is 11.6 Å². The third-order valence-corrected chi connectivity index (χ3v) is 4.69. The number of carbonyl (C=O) groups excluding carboxylic acids is 2. The van der Waals surface area contributed by atoms with E-state index in [1.807, 2.05) is 0 Å². The molecular formula is C23H13BrFNO4. The van der Waals surface area contributed by atoms with E-state index < -0.39 is 17.8 Å². The van der Waals surface area contributed by atoms with Crippen molar-refractivity contribution in [1.29, 1.82) is 0 Å². The van der Waals surface area contributed by atoms with Gasteiger partial charge >= 0.3 is 11.9 Å². The Morgan fingerprint density at radius 1 is 1.03 bits per heavy atom. The molecule has 5 nitrogen and oxygen atoms in total. The molecule has 1 aliphatic heterocycles. The van der Waals surface area contributed by atoms with Crippen LogP contribution in [0.3, 0.4) is 0 Å². The van der Waals surface area contributed by atoms with Gasteiger partial charge in [0.2, 0.25) is 5.90 Å². The van der Waals surface area contributed by atoms with Crippen molar-refractivity contribution in [2.24, 2.45) is 4.99 Å². The lowest BCUT2D eigenvalue weighted by Gasteiger charge is -2.05. The minimum absolute atomic E-state index is 0.0470. The van der Waals surface area contributed by atoms with Crippen molar-refractivity contribution in [3.05, 3.63) is 105 Å². The number of nitrogens with zero attached hydrogens (tertiary/aromatic N) is 1. The minimum Gasteiger partial charge on any atom is -0.423 e. The van der Waals surface area contributed by atoms with Gasteiger partial charge in [0.15, 0.2) is 5.70 Å². The molecule has 0 amide bonds. The molecule has 148 valence electrons. The van der Waals surface area contributed by atoms with Crippen LogP contribution in [0.5, 0.6) is 5.75 Å². The Balaban J connectivity index is 1.48. The van der Waals surface area contributed by atoms with E-state index in [0.29, 0.717) is 22.4 Å². The first-order valence-electron chi connectivity index (χ1n) is 8.84. The smallest absolute Gasteiger partial charge is 0.363 e. The summed E-state index contributed by atoms with van der Waals surface area (Å²) in [7, 11) is 0. The number of cyclic esters (lactones) is 1. The average molecular weight is 466 g/mol. The third-order valence-electron chi connectivity index (χ3n) is 4.17. The number of halogens is 2. The van der Waals surface area contributed by atoms with Gasteiger partial charge in [-0.15, -0.1) is 0 Å². The Labute approximate surface area is 179 Å². The number of carbonyl (C=O) groups is 2. The van der Waals surface area contributed by atoms with Crippen LogP contribution in [0.15, 0.2) is 88.0 Å². The summed E-state index contributed by atoms with van der Waals surface area (Å²) in [6, 6.07) is 19.1. The number of aliphatic imine (C=N–C) groups is 1. The lowest BCUT2D eigenvalue weighted by molar-refractivity contribution is -0.129. The lowest BCUT2D eigenvalue weighted by atomic mass is 10.2. The Morgan fingerprint density at radius 3 is 2.47 bits per heavy atom. The predicted octanol–water partition coefficient (Wildman–Crippen LogP) is 5.15. The van der Waals surface area contributed by atoms with Crippen LogP contribution in [-0.2, 0) is 9.53 Å². The van der Waals surface area contributed by atoms with E-state index in [9.17, 15) is 14.0 Å². The van der Waals surface area contributed by atoms with Crippen molar-refractivity contribution in [2.75, 3.05) is 0 Å². The average Bonchev–Trinajstić information content (AvgIpc) is 3.10. The molecule has 0 unspecified atom stereocenters. The molecule has 1 aliphatic rings. The summed E-state index contributed by atoms with van der Waals surface area (Å²) in [4.78, 5) is 28.4. The number of ether oxygens (including phenoxy) is 2. The molecule has 0 spiro atoms. The Morgan fingerprint density at radius 2 is 1.77 bits per heavy atom. The van der Waals surface area contributed by atoms with Crippen molar-refractivity contribution in [2.45, 2.75) is 0 Å². The number of esters is 2. The van der Waals surface area contributed by atoms with Gasteiger partial charge in [0, 0.05) is 10.0 Å². The molecule has 0 saturated heterocycles. The zero-order valence-electron chi connectivity index (χ0n) is 15.3. The highest BCUT2D eigenvalue weighted by Crippen LogP contribution is 2.21. The highest BCUT2D eigenvalue weighted by molar-refractivity contribution is 9.10. The van der Waals surface area contributed by atoms with Crippen LogP contribution < -0.4 is 4.74 Å². The highest BCUT2D eigenvalue weighted by atomic mass is 79.9. The van der Waals surface area contributed by atoms with Crippen LogP contribution in [-0.4, -0.2) is 17.8 Å². The first-order chi connectivity index (χ1) is 14.5. The lowest BCUT2D eigenvalue weighted by Crippen LogP contribution is -2.08. The van der Waals surface area contributed by atoms with Crippen LogP contribution >= 0.6 is 15.9 Å². The summed E-state index contributed by atoms with van der Waals surface area (Å²) in [6.45, 7) is 0. The van der Waals surface area contributed by atoms with Gasteiger partial charge in [-0.1, -0.05) is 34.1 Å². The van der Waals surface area contributed by atoms with Crippen molar-refractivity contribution >= 4 is 39.8 Å². The second-order valence-corrected chi connectivity index (χ2v) is 7.23. The molecule has 30 heavy (non-hydrogen) atoms. The minimum atomic E-state index is -0.625. The van der Waals surface area contributed by atoms with Crippen LogP contribution in [0.4, 0.5) is 4.39 Å². The maximum atomic E-state index is 13.4. The SMILES string of the molecule is O=C1OC(c2cccc(F)c2)=N/C1=C/c1ccc(OC(=O)c2ccc(Br)cc2)cc1. The standard InChI is InChI=1S/C23H13BrFNO4/c24-17-8-6-15(7-9-17)22(27)29-19-10-4-14(5-11-19)12-20-23(28)30-21(26-20)16-2-1-3-18(25)13-16/h1-13H/b20-12+. The maximum Gasteiger partial charge on any atom is 0.363 e. The maximum absolute atomic E-state index is 13.4. The number of rotatable bonds is 4. The summed E-state index contributed by atoms with van der Waals surface area (Å²) in [5.74, 6) is -1.14. The summed E-state index contributed by atoms with van der Waals surface area (Å²) < 4.78 is 24.7. The molecule has 3 aromatic carbocycles. The molecule has 0 atom stereocenters. The molecule has 0 aromatic heterocycles. The van der Waals surface area contributed by atoms with Crippen molar-refractivity contribution < 1.29 is 23.5 Å². The highest BCUT2D eigenvalue weighted by Gasteiger charge is 2.24. The topological polar surface area (TPSA) is 65.0 Å². The first-order valence-corrected chi connectivity index (χ1v) is 9.63. The molecule has 0 N–H and O–H groups in total. The van der Waals surface area contributed by atoms with Crippen LogP contribution in [0.25, 0.3) is 6.08 Å². The van der Waals surface area contributed by atoms with Gasteiger partial charge < -0.3 is 9.47 Å². The van der Waals surface area contributed by atoms with Crippen LogP contribution in [0.2, 0.25) is 0 Å². The summed E-state index contributed by atoms with van der Waals surface area (Å²) in [5, 5.41) is 0. The number of benzene rings is 3. The van der Waals surface area contributed by atoms with Gasteiger partial charge in [-0.05, 0) is 66.2 Å². The molecular weight excluding hydrogens is 453 g/mol. The molecule has 0 radical (unpaired) electrons. The molecule has 7 heteroatoms. The zero-order valence-corrected chi connectivity index (χ0v) is 16.9. The van der Waals surface area contributed by atoms with Crippen molar-refractivity contribution in [3.8, 4) is 5.75 Å². The predicted molar refractivity (Wildman–Crippen MR) is 113 cm³/mol. The second-order valence-electron chi connectivity index (χ2n) is 6.31. The summed E-state index contributed by atoms with van der Waals surface area (Å²) >= 11 is 3.31. The zero-order chi connectivity index (χ0) is 21.1. The van der Waals surface area contributed by atoms with Gasteiger partial charge in [-0.25, -0.2) is 19.0 Å². The Kier molecular flexibility index (Phi) is 5.54. The van der Waals surface area contributed by atoms with Crippen molar-refractivity contribution in [3.63, 3.8) is 0 Å². The fourth-order valence-corrected chi connectivity index (χ4v) is 2.96. The van der Waals surface area contributed by atoms with Gasteiger partial charge in [0.25, 0.3) is 0 Å². The Bertz CT molecular complexity index is 1180. The molecule has 0 saturated carbocycles. The fourth-order valence-electron chi connectivity index (χ4n) is 2.70. The third kappa shape index (κ3) is 4.52. The molecule has 0 bridgehead atoms. The van der Waals surface area contributed by atoms with E-state index in [1.54, 1.807) is 54.6 Å². The molecule has 4 rings (SSSR count). The molecule has 1 heterocycles. The number of hydrogen-bond acceptors (Lipinski definition) is 5. The van der Waals surface area contributed by atoms with Gasteiger partial charge in [0.05, 0.1) is 5.56 Å². The quantitative estimate of drug-likeness (QED) is 0.303. The van der Waals surface area contributed by atoms with E-state index in [0.717, 1.165) is 4.47 Å². The molecule has 3 aromatic rings. The van der Waals surface area contributed by atoms with E-state index >= 15 is 0 Å². The Hall–Kier alpha value is -3.58. The molecule has 0 fully saturated rings. The van der Waals surface area contributed by atoms with Gasteiger partial charge in [-0.3, -0.25) is 0 Å². The second kappa shape index (κ2) is 8.42. The first kappa shape index (κ1) is 19.7. The summed E-state index contributed by atoms with van der Waals surface area (Å²) in [6.07, 6.45) is 1.54. The van der Waals surface area contributed by atoms with E-state index in [1.165, 1.54) is 24.3 Å². The van der Waals surface area contributed by atoms with Gasteiger partial charge in [0.1, 0.15) is 11.6 Å². The van der Waals surface area contributed by atoms with Crippen molar-refractivity contribution in [1.82, 2.24) is 0 Å². The number of hydrogen-bond donors (Lipinski definition) is 0. The largest absolute Gasteiger partial charge is 0.423 e. The van der Waals surface area contributed by atoms with Gasteiger partial charge in [-0.2, -0.15) is 0 Å². The van der Waals surface area contributed by atoms with Crippen LogP contribution in [0, 0.1) is 5.82 Å². The van der Waals surface area contributed by atoms with Crippen LogP contribution in [0.1, 0.15) is 21.5 Å². The monoisotopic (exact) mass is 465 g/mol. The molecule has 0 aliphatic carbocycles. The van der Waals surface area contributed by atoms with E-state index in [4.69, 9.17) is 9.47 Å². The summed E-state index contributed by atoms with van der Waals surface area (Å²) in [5.41, 5.74) is 1.56. The van der Waals surface area contributed by atoms with E-state index in [2.05, 4.69) is 20.9 Å². The normalized spacial score (nSPS) is 14.4.